The molecule has 0 N–H and O–H groups in total. The van der Waals surface area contributed by atoms with Crippen LogP contribution in [-0.4, -0.2) is 34.2 Å². The molecule has 138 valence electrons. The van der Waals surface area contributed by atoms with Gasteiger partial charge in [-0.15, -0.1) is 0 Å². The molecule has 5 nitrogen and oxygen atoms in total. The standard InChI is InChI=1S/C21H24O5/c1-6-14-7-10-19(24-3)15(11-14)8-9-18(22)17-12-16(23-2)13-20(25-4)21(17)26-5/h7-13H,6H2,1-5H3. The maximum atomic E-state index is 12.8. The molecule has 0 aliphatic carbocycles. The van der Waals surface area contributed by atoms with Crippen molar-refractivity contribution in [1.29, 1.82) is 0 Å². The zero-order valence-electron chi connectivity index (χ0n) is 15.8. The summed E-state index contributed by atoms with van der Waals surface area (Å²) in [5.74, 6) is 1.82. The molecule has 0 heterocycles. The number of benzene rings is 2. The first-order valence-electron chi connectivity index (χ1n) is 8.27. The molecule has 0 fully saturated rings. The average Bonchev–Trinajstić information content (AvgIpc) is 2.70. The number of carbonyl (C=O) groups is 1. The SMILES string of the molecule is CCc1ccc(OC)c(C=CC(=O)c2cc(OC)cc(OC)c2OC)c1. The first-order valence-corrected chi connectivity index (χ1v) is 8.27. The molecule has 0 unspecified atom stereocenters. The topological polar surface area (TPSA) is 54.0 Å². The smallest absolute Gasteiger partial charge is 0.189 e. The van der Waals surface area contributed by atoms with E-state index in [-0.39, 0.29) is 5.78 Å². The lowest BCUT2D eigenvalue weighted by atomic mass is 10.0. The summed E-state index contributed by atoms with van der Waals surface area (Å²) in [5.41, 5.74) is 2.37. The van der Waals surface area contributed by atoms with Crippen LogP contribution in [0.3, 0.4) is 0 Å². The molecule has 0 aliphatic rings. The summed E-state index contributed by atoms with van der Waals surface area (Å²) >= 11 is 0. The molecule has 26 heavy (non-hydrogen) atoms. The molecular weight excluding hydrogens is 332 g/mol. The maximum Gasteiger partial charge on any atom is 0.189 e. The van der Waals surface area contributed by atoms with E-state index < -0.39 is 0 Å². The summed E-state index contributed by atoms with van der Waals surface area (Å²) in [6.45, 7) is 2.08. The minimum Gasteiger partial charge on any atom is -0.497 e. The van der Waals surface area contributed by atoms with Crippen LogP contribution in [0.1, 0.15) is 28.4 Å². The third-order valence-corrected chi connectivity index (χ3v) is 4.07. The Hall–Kier alpha value is -2.95. The highest BCUT2D eigenvalue weighted by Crippen LogP contribution is 2.36. The van der Waals surface area contributed by atoms with Gasteiger partial charge < -0.3 is 18.9 Å². The van der Waals surface area contributed by atoms with E-state index in [9.17, 15) is 4.79 Å². The fourth-order valence-electron chi connectivity index (χ4n) is 2.63. The molecule has 5 heteroatoms. The fraction of sp³-hybridized carbons (Fsp3) is 0.286. The van der Waals surface area contributed by atoms with Crippen molar-refractivity contribution in [3.8, 4) is 23.0 Å². The summed E-state index contributed by atoms with van der Waals surface area (Å²) < 4.78 is 21.3. The van der Waals surface area contributed by atoms with Crippen LogP contribution >= 0.6 is 0 Å². The summed E-state index contributed by atoms with van der Waals surface area (Å²) in [6.07, 6.45) is 4.14. The van der Waals surface area contributed by atoms with Crippen molar-refractivity contribution in [2.45, 2.75) is 13.3 Å². The second kappa shape index (κ2) is 8.94. The van der Waals surface area contributed by atoms with E-state index in [2.05, 4.69) is 6.92 Å². The number of allylic oxidation sites excluding steroid dienone is 1. The average molecular weight is 356 g/mol. The quantitative estimate of drug-likeness (QED) is 0.525. The van der Waals surface area contributed by atoms with Gasteiger partial charge in [-0.25, -0.2) is 0 Å². The van der Waals surface area contributed by atoms with Gasteiger partial charge in [0.2, 0.25) is 0 Å². The minimum absolute atomic E-state index is 0.219. The van der Waals surface area contributed by atoms with E-state index in [0.717, 1.165) is 12.0 Å². The van der Waals surface area contributed by atoms with Crippen LogP contribution in [-0.2, 0) is 6.42 Å². The molecule has 0 spiro atoms. The molecule has 0 amide bonds. The predicted molar refractivity (Wildman–Crippen MR) is 102 cm³/mol. The molecule has 2 aromatic carbocycles. The van der Waals surface area contributed by atoms with E-state index in [0.29, 0.717) is 28.6 Å². The van der Waals surface area contributed by atoms with Gasteiger partial charge in [0, 0.05) is 11.6 Å². The van der Waals surface area contributed by atoms with Gasteiger partial charge in [0.15, 0.2) is 17.3 Å². The van der Waals surface area contributed by atoms with E-state index in [1.165, 1.54) is 33.0 Å². The van der Waals surface area contributed by atoms with Gasteiger partial charge in [0.05, 0.1) is 34.0 Å². The zero-order valence-corrected chi connectivity index (χ0v) is 15.8. The van der Waals surface area contributed by atoms with Crippen LogP contribution < -0.4 is 18.9 Å². The van der Waals surface area contributed by atoms with Gasteiger partial charge in [-0.05, 0) is 42.3 Å². The molecular formula is C21H24O5. The lowest BCUT2D eigenvalue weighted by Crippen LogP contribution is -2.02. The second-order valence-corrected chi connectivity index (χ2v) is 5.54. The number of hydrogen-bond acceptors (Lipinski definition) is 5. The van der Waals surface area contributed by atoms with Gasteiger partial charge in [-0.3, -0.25) is 4.79 Å². The molecule has 0 saturated carbocycles. The van der Waals surface area contributed by atoms with Crippen LogP contribution in [0, 0.1) is 0 Å². The molecule has 0 aliphatic heterocycles. The third kappa shape index (κ3) is 4.17. The van der Waals surface area contributed by atoms with Gasteiger partial charge in [0.1, 0.15) is 11.5 Å². The van der Waals surface area contributed by atoms with E-state index in [1.54, 1.807) is 25.3 Å². The highest BCUT2D eigenvalue weighted by atomic mass is 16.5. The van der Waals surface area contributed by atoms with Gasteiger partial charge in [-0.2, -0.15) is 0 Å². The third-order valence-electron chi connectivity index (χ3n) is 4.07. The Balaban J connectivity index is 2.43. The maximum absolute atomic E-state index is 12.8. The lowest BCUT2D eigenvalue weighted by Gasteiger charge is -2.13. The van der Waals surface area contributed by atoms with Crippen LogP contribution in [0.2, 0.25) is 0 Å². The Morgan fingerprint density at radius 2 is 1.65 bits per heavy atom. The first-order chi connectivity index (χ1) is 12.6. The lowest BCUT2D eigenvalue weighted by molar-refractivity contribution is 0.104. The van der Waals surface area contributed by atoms with Crippen molar-refractivity contribution in [1.82, 2.24) is 0 Å². The molecule has 0 bridgehead atoms. The molecule has 2 rings (SSSR count). The van der Waals surface area contributed by atoms with E-state index >= 15 is 0 Å². The van der Waals surface area contributed by atoms with Crippen molar-refractivity contribution in [3.63, 3.8) is 0 Å². The highest BCUT2D eigenvalue weighted by Gasteiger charge is 2.17. The second-order valence-electron chi connectivity index (χ2n) is 5.54. The van der Waals surface area contributed by atoms with Crippen molar-refractivity contribution in [3.05, 3.63) is 53.1 Å². The monoisotopic (exact) mass is 356 g/mol. The first kappa shape index (κ1) is 19.4. The molecule has 2 aromatic rings. The van der Waals surface area contributed by atoms with Crippen LogP contribution in [0.5, 0.6) is 23.0 Å². The summed E-state index contributed by atoms with van der Waals surface area (Å²) in [5, 5.41) is 0. The number of ether oxygens (including phenoxy) is 4. The number of hydrogen-bond donors (Lipinski definition) is 0. The normalized spacial score (nSPS) is 10.7. The number of methoxy groups -OCH3 is 4. The largest absolute Gasteiger partial charge is 0.497 e. The Morgan fingerprint density at radius 3 is 2.23 bits per heavy atom. The summed E-state index contributed by atoms with van der Waals surface area (Å²) in [7, 11) is 6.16. The molecule has 0 saturated heterocycles. The zero-order chi connectivity index (χ0) is 19.1. The van der Waals surface area contributed by atoms with E-state index in [4.69, 9.17) is 18.9 Å². The predicted octanol–water partition coefficient (Wildman–Crippen LogP) is 4.18. The summed E-state index contributed by atoms with van der Waals surface area (Å²) in [4.78, 5) is 12.8. The van der Waals surface area contributed by atoms with Crippen molar-refractivity contribution >= 4 is 11.9 Å². The van der Waals surface area contributed by atoms with Gasteiger partial charge in [-0.1, -0.05) is 13.0 Å². The van der Waals surface area contributed by atoms with Crippen LogP contribution in [0.15, 0.2) is 36.4 Å². The Bertz CT molecular complexity index is 808. The van der Waals surface area contributed by atoms with Crippen LogP contribution in [0.4, 0.5) is 0 Å². The van der Waals surface area contributed by atoms with Gasteiger partial charge in [0.25, 0.3) is 0 Å². The Kier molecular flexibility index (Phi) is 6.67. The molecule has 0 atom stereocenters. The van der Waals surface area contributed by atoms with Crippen molar-refractivity contribution in [2.24, 2.45) is 0 Å². The molecule has 0 radical (unpaired) electrons. The Morgan fingerprint density at radius 1 is 0.923 bits per heavy atom. The number of carbonyl (C=O) groups excluding carboxylic acids is 1. The Labute approximate surface area is 154 Å². The highest BCUT2D eigenvalue weighted by molar-refractivity contribution is 6.09. The fourth-order valence-corrected chi connectivity index (χ4v) is 2.63. The molecule has 0 aromatic heterocycles. The van der Waals surface area contributed by atoms with Gasteiger partial charge >= 0.3 is 0 Å². The van der Waals surface area contributed by atoms with Crippen LogP contribution in [0.25, 0.3) is 6.08 Å². The number of ketones is 1. The van der Waals surface area contributed by atoms with E-state index in [1.807, 2.05) is 18.2 Å². The van der Waals surface area contributed by atoms with Crippen molar-refractivity contribution < 1.29 is 23.7 Å². The summed E-state index contributed by atoms with van der Waals surface area (Å²) in [6, 6.07) is 9.22. The number of aryl methyl sites for hydroxylation is 1. The minimum atomic E-state index is -0.219. The number of rotatable bonds is 8. The van der Waals surface area contributed by atoms with Crippen molar-refractivity contribution in [2.75, 3.05) is 28.4 Å².